The molecule has 0 radical (unpaired) electrons. The summed E-state index contributed by atoms with van der Waals surface area (Å²) in [6, 6.07) is 4.19. The Balaban J connectivity index is 2.93. The summed E-state index contributed by atoms with van der Waals surface area (Å²) in [4.78, 5) is 21.8. The minimum Gasteiger partial charge on any atom is -0.491 e. The highest BCUT2D eigenvalue weighted by atomic mass is 16.5. The first-order valence-corrected chi connectivity index (χ1v) is 5.43. The van der Waals surface area contributed by atoms with Gasteiger partial charge in [0.25, 0.3) is 0 Å². The Kier molecular flexibility index (Phi) is 5.13. The molecule has 0 heterocycles. The average molecular weight is 253 g/mol. The number of nitrogens with one attached hydrogen (secondary N) is 1. The summed E-state index contributed by atoms with van der Waals surface area (Å²) in [6.45, 7) is 1.57. The van der Waals surface area contributed by atoms with Gasteiger partial charge >= 0.3 is 5.97 Å². The number of aromatic carboxylic acids is 1. The molecule has 0 saturated heterocycles. The fourth-order valence-corrected chi connectivity index (χ4v) is 1.31. The van der Waals surface area contributed by atoms with Crippen LogP contribution >= 0.6 is 0 Å². The minimum absolute atomic E-state index is 0.0198. The highest BCUT2D eigenvalue weighted by Gasteiger charge is 2.10. The molecule has 1 amide bonds. The average Bonchev–Trinajstić information content (AvgIpc) is 2.30. The number of aliphatic hydroxyl groups is 1. The molecule has 0 atom stereocenters. The number of rotatable bonds is 6. The van der Waals surface area contributed by atoms with E-state index in [1.807, 2.05) is 0 Å². The van der Waals surface area contributed by atoms with E-state index in [0.29, 0.717) is 12.1 Å². The van der Waals surface area contributed by atoms with Gasteiger partial charge in [0.15, 0.2) is 0 Å². The number of carboxylic acid groups (broad SMARTS) is 1. The summed E-state index contributed by atoms with van der Waals surface area (Å²) in [5.74, 6) is -1.07. The monoisotopic (exact) mass is 253 g/mol. The lowest BCUT2D eigenvalue weighted by Crippen LogP contribution is -2.10. The van der Waals surface area contributed by atoms with Gasteiger partial charge in [0.1, 0.15) is 5.75 Å². The van der Waals surface area contributed by atoms with Crippen molar-refractivity contribution in [3.05, 3.63) is 23.8 Å². The number of carboxylic acids is 1. The highest BCUT2D eigenvalue weighted by molar-refractivity contribution is 5.93. The van der Waals surface area contributed by atoms with Gasteiger partial charge in [-0.2, -0.15) is 0 Å². The van der Waals surface area contributed by atoms with E-state index in [1.54, 1.807) is 0 Å². The van der Waals surface area contributed by atoms with E-state index < -0.39 is 5.97 Å². The molecule has 0 spiro atoms. The van der Waals surface area contributed by atoms with Gasteiger partial charge < -0.3 is 20.3 Å². The Morgan fingerprint density at radius 3 is 2.67 bits per heavy atom. The molecule has 0 aliphatic rings. The van der Waals surface area contributed by atoms with Gasteiger partial charge in [-0.1, -0.05) is 0 Å². The third kappa shape index (κ3) is 4.06. The lowest BCUT2D eigenvalue weighted by atomic mass is 10.2. The molecule has 3 N–H and O–H groups in total. The predicted octanol–water partition coefficient (Wildman–Crippen LogP) is 1.10. The fourth-order valence-electron chi connectivity index (χ4n) is 1.31. The zero-order valence-corrected chi connectivity index (χ0v) is 9.97. The van der Waals surface area contributed by atoms with Crippen LogP contribution in [0.25, 0.3) is 0 Å². The number of carbonyl (C=O) groups is 2. The fraction of sp³-hybridized carbons (Fsp3) is 0.333. The third-order valence-corrected chi connectivity index (χ3v) is 2.10. The second kappa shape index (κ2) is 6.61. The largest absolute Gasteiger partial charge is 0.491 e. The topological polar surface area (TPSA) is 95.9 Å². The smallest absolute Gasteiger partial charge is 0.335 e. The molecule has 18 heavy (non-hydrogen) atoms. The van der Waals surface area contributed by atoms with Gasteiger partial charge in [0, 0.05) is 20.0 Å². The number of anilines is 1. The highest BCUT2D eigenvalue weighted by Crippen LogP contribution is 2.26. The summed E-state index contributed by atoms with van der Waals surface area (Å²) in [5.41, 5.74) is 0.480. The molecule has 0 aliphatic heterocycles. The van der Waals surface area contributed by atoms with Crippen LogP contribution < -0.4 is 10.1 Å². The van der Waals surface area contributed by atoms with Crippen LogP contribution in [0.15, 0.2) is 18.2 Å². The van der Waals surface area contributed by atoms with E-state index in [4.69, 9.17) is 14.9 Å². The Morgan fingerprint density at radius 1 is 1.39 bits per heavy atom. The van der Waals surface area contributed by atoms with E-state index in [1.165, 1.54) is 25.1 Å². The maximum atomic E-state index is 11.0. The summed E-state index contributed by atoms with van der Waals surface area (Å²) < 4.78 is 5.33. The van der Waals surface area contributed by atoms with E-state index in [2.05, 4.69) is 5.32 Å². The lowest BCUT2D eigenvalue weighted by molar-refractivity contribution is -0.114. The Labute approximate surface area is 104 Å². The van der Waals surface area contributed by atoms with Gasteiger partial charge in [-0.25, -0.2) is 4.79 Å². The number of hydrogen-bond acceptors (Lipinski definition) is 4. The molecule has 6 heteroatoms. The number of hydrogen-bond donors (Lipinski definition) is 3. The first-order chi connectivity index (χ1) is 8.54. The Hall–Kier alpha value is -2.08. The zero-order valence-electron chi connectivity index (χ0n) is 9.97. The number of carbonyl (C=O) groups excluding carboxylic acids is 1. The van der Waals surface area contributed by atoms with E-state index in [-0.39, 0.29) is 30.4 Å². The van der Waals surface area contributed by atoms with Crippen molar-refractivity contribution in [1.82, 2.24) is 0 Å². The molecule has 0 fully saturated rings. The number of benzene rings is 1. The van der Waals surface area contributed by atoms with Crippen LogP contribution in [0.2, 0.25) is 0 Å². The zero-order chi connectivity index (χ0) is 13.5. The van der Waals surface area contributed by atoms with Gasteiger partial charge in [-0.3, -0.25) is 4.79 Å². The summed E-state index contributed by atoms with van der Waals surface area (Å²) >= 11 is 0. The first-order valence-electron chi connectivity index (χ1n) is 5.43. The maximum absolute atomic E-state index is 11.0. The third-order valence-electron chi connectivity index (χ3n) is 2.10. The molecule has 6 nitrogen and oxygen atoms in total. The molecule has 1 aromatic rings. The molecule has 0 aliphatic carbocycles. The van der Waals surface area contributed by atoms with Crippen LogP contribution in [-0.2, 0) is 4.79 Å². The molecule has 0 bridgehead atoms. The SMILES string of the molecule is CC(=O)Nc1ccc(C(=O)O)cc1OCCCO. The van der Waals surface area contributed by atoms with Gasteiger partial charge in [0.05, 0.1) is 17.9 Å². The summed E-state index contributed by atoms with van der Waals surface area (Å²) in [5, 5.41) is 20.1. The predicted molar refractivity (Wildman–Crippen MR) is 64.9 cm³/mol. The van der Waals surface area contributed by atoms with E-state index >= 15 is 0 Å². The second-order valence-corrected chi connectivity index (χ2v) is 3.62. The van der Waals surface area contributed by atoms with Crippen molar-refractivity contribution in [1.29, 1.82) is 0 Å². The molecule has 1 rings (SSSR count). The van der Waals surface area contributed by atoms with Crippen molar-refractivity contribution in [3.8, 4) is 5.75 Å². The van der Waals surface area contributed by atoms with Gasteiger partial charge in [-0.15, -0.1) is 0 Å². The molecule has 98 valence electrons. The van der Waals surface area contributed by atoms with Crippen LogP contribution in [0.4, 0.5) is 5.69 Å². The van der Waals surface area contributed by atoms with Gasteiger partial charge in [0.2, 0.25) is 5.91 Å². The van der Waals surface area contributed by atoms with Crippen LogP contribution in [0.1, 0.15) is 23.7 Å². The lowest BCUT2D eigenvalue weighted by Gasteiger charge is -2.12. The van der Waals surface area contributed by atoms with Crippen molar-refractivity contribution >= 4 is 17.6 Å². The van der Waals surface area contributed by atoms with Crippen molar-refractivity contribution in [2.75, 3.05) is 18.5 Å². The normalized spacial score (nSPS) is 9.89. The summed E-state index contributed by atoms with van der Waals surface area (Å²) in [6.07, 6.45) is 0.427. The minimum atomic E-state index is -1.07. The number of amides is 1. The van der Waals surface area contributed by atoms with Crippen LogP contribution in [-0.4, -0.2) is 35.3 Å². The molecule has 0 aromatic heterocycles. The van der Waals surface area contributed by atoms with E-state index in [9.17, 15) is 9.59 Å². The Morgan fingerprint density at radius 2 is 2.11 bits per heavy atom. The number of ether oxygens (including phenoxy) is 1. The molecule has 0 unspecified atom stereocenters. The van der Waals surface area contributed by atoms with Crippen LogP contribution in [0.3, 0.4) is 0 Å². The van der Waals surface area contributed by atoms with Crippen molar-refractivity contribution in [3.63, 3.8) is 0 Å². The number of aliphatic hydroxyl groups excluding tert-OH is 1. The molecular formula is C12H15NO5. The van der Waals surface area contributed by atoms with Crippen LogP contribution in [0, 0.1) is 0 Å². The van der Waals surface area contributed by atoms with Gasteiger partial charge in [-0.05, 0) is 18.2 Å². The quantitative estimate of drug-likeness (QED) is 0.660. The van der Waals surface area contributed by atoms with Crippen molar-refractivity contribution in [2.24, 2.45) is 0 Å². The maximum Gasteiger partial charge on any atom is 0.335 e. The molecular weight excluding hydrogens is 238 g/mol. The summed E-state index contributed by atoms with van der Waals surface area (Å²) in [7, 11) is 0. The van der Waals surface area contributed by atoms with E-state index in [0.717, 1.165) is 0 Å². The van der Waals surface area contributed by atoms with Crippen molar-refractivity contribution in [2.45, 2.75) is 13.3 Å². The second-order valence-electron chi connectivity index (χ2n) is 3.62. The Bertz CT molecular complexity index is 444. The molecule has 1 aromatic carbocycles. The van der Waals surface area contributed by atoms with Crippen LogP contribution in [0.5, 0.6) is 5.75 Å². The standard InChI is InChI=1S/C12H15NO5/c1-8(15)13-10-4-3-9(12(16)17)7-11(10)18-6-2-5-14/h3-4,7,14H,2,5-6H2,1H3,(H,13,15)(H,16,17). The molecule has 0 saturated carbocycles. The first kappa shape index (κ1) is 14.0. The van der Waals surface area contributed by atoms with Crippen molar-refractivity contribution < 1.29 is 24.5 Å².